The number of nitrogen functional groups attached to an aromatic ring is 1. The van der Waals surface area contributed by atoms with E-state index in [-0.39, 0.29) is 17.4 Å². The zero-order chi connectivity index (χ0) is 13.8. The smallest absolute Gasteiger partial charge is 0.252 e. The molecule has 1 heterocycles. The van der Waals surface area contributed by atoms with Crippen molar-refractivity contribution in [3.8, 4) is 11.6 Å². The Labute approximate surface area is 109 Å². The number of rotatable bonds is 4. The second kappa shape index (κ2) is 5.21. The van der Waals surface area contributed by atoms with Gasteiger partial charge in [-0.3, -0.25) is 4.79 Å². The van der Waals surface area contributed by atoms with Crippen LogP contribution in [0.1, 0.15) is 10.4 Å². The normalized spacial score (nSPS) is 9.95. The largest absolute Gasteiger partial charge is 0.438 e. The maximum Gasteiger partial charge on any atom is 0.252 e. The summed E-state index contributed by atoms with van der Waals surface area (Å²) in [6, 6.07) is 8.18. The minimum absolute atomic E-state index is 0.0680. The Morgan fingerprint density at radius 3 is 2.74 bits per heavy atom. The van der Waals surface area contributed by atoms with Crippen molar-refractivity contribution >= 4 is 17.7 Å². The van der Waals surface area contributed by atoms with Crippen molar-refractivity contribution in [2.45, 2.75) is 0 Å². The number of nitrogens with one attached hydrogen (secondary N) is 1. The molecule has 0 atom stereocenters. The van der Waals surface area contributed by atoms with E-state index in [2.05, 4.69) is 15.3 Å². The van der Waals surface area contributed by atoms with Gasteiger partial charge in [-0.15, -0.1) is 0 Å². The highest BCUT2D eigenvalue weighted by Gasteiger charge is 2.11. The van der Waals surface area contributed by atoms with Gasteiger partial charge in [0.25, 0.3) is 5.91 Å². The average Bonchev–Trinajstić information content (AvgIpc) is 2.38. The van der Waals surface area contributed by atoms with E-state index in [1.807, 2.05) is 0 Å². The monoisotopic (exact) mass is 259 g/mol. The van der Waals surface area contributed by atoms with Crippen LogP contribution in [0.25, 0.3) is 0 Å². The predicted molar refractivity (Wildman–Crippen MR) is 71.0 cm³/mol. The fourth-order valence-corrected chi connectivity index (χ4v) is 1.50. The fourth-order valence-electron chi connectivity index (χ4n) is 1.50. The van der Waals surface area contributed by atoms with Gasteiger partial charge in [0.05, 0.1) is 5.56 Å². The predicted octanol–water partition coefficient (Wildman–Crippen LogP) is 0.992. The van der Waals surface area contributed by atoms with Crippen LogP contribution in [0.4, 0.5) is 11.8 Å². The number of nitrogens with two attached hydrogens (primary N) is 2. The second-order valence-electron chi connectivity index (χ2n) is 3.66. The minimum Gasteiger partial charge on any atom is -0.438 e. The SMILES string of the molecule is CNc1cc(Oc2ccccc2C(N)=O)nc(N)n1. The maximum atomic E-state index is 11.3. The summed E-state index contributed by atoms with van der Waals surface area (Å²) in [7, 11) is 1.70. The van der Waals surface area contributed by atoms with Gasteiger partial charge in [0.15, 0.2) is 0 Å². The molecule has 98 valence electrons. The summed E-state index contributed by atoms with van der Waals surface area (Å²) in [5.41, 5.74) is 11.1. The number of hydrogen-bond acceptors (Lipinski definition) is 6. The van der Waals surface area contributed by atoms with Gasteiger partial charge in [-0.25, -0.2) is 0 Å². The second-order valence-corrected chi connectivity index (χ2v) is 3.66. The van der Waals surface area contributed by atoms with Crippen LogP contribution in [-0.2, 0) is 0 Å². The number of nitrogens with zero attached hydrogens (tertiary/aromatic N) is 2. The lowest BCUT2D eigenvalue weighted by molar-refractivity contribution is 0.0998. The third-order valence-corrected chi connectivity index (χ3v) is 2.34. The van der Waals surface area contributed by atoms with Crippen molar-refractivity contribution in [3.63, 3.8) is 0 Å². The van der Waals surface area contributed by atoms with Crippen molar-refractivity contribution in [3.05, 3.63) is 35.9 Å². The molecule has 0 aliphatic carbocycles. The standard InChI is InChI=1S/C12H13N5O2/c1-15-9-6-10(17-12(14)16-9)19-8-5-3-2-4-7(8)11(13)18/h2-6H,1H3,(H2,13,18)(H3,14,15,16,17). The molecule has 0 spiro atoms. The number of carbonyl (C=O) groups is 1. The lowest BCUT2D eigenvalue weighted by Gasteiger charge is -2.09. The lowest BCUT2D eigenvalue weighted by atomic mass is 10.2. The highest BCUT2D eigenvalue weighted by atomic mass is 16.5. The minimum atomic E-state index is -0.577. The van der Waals surface area contributed by atoms with Crippen molar-refractivity contribution in [1.82, 2.24) is 9.97 Å². The quantitative estimate of drug-likeness (QED) is 0.754. The topological polar surface area (TPSA) is 116 Å². The van der Waals surface area contributed by atoms with E-state index in [0.717, 1.165) is 0 Å². The molecule has 0 radical (unpaired) electrons. The lowest BCUT2D eigenvalue weighted by Crippen LogP contribution is -2.12. The number of amides is 1. The van der Waals surface area contributed by atoms with E-state index in [4.69, 9.17) is 16.2 Å². The van der Waals surface area contributed by atoms with Crippen LogP contribution in [0.5, 0.6) is 11.6 Å². The van der Waals surface area contributed by atoms with Gasteiger partial charge < -0.3 is 21.5 Å². The zero-order valence-electron chi connectivity index (χ0n) is 10.3. The number of primary amides is 1. The molecule has 7 heteroatoms. The van der Waals surface area contributed by atoms with Gasteiger partial charge in [-0.1, -0.05) is 12.1 Å². The van der Waals surface area contributed by atoms with Gasteiger partial charge in [0.2, 0.25) is 11.8 Å². The van der Waals surface area contributed by atoms with Gasteiger partial charge >= 0.3 is 0 Å². The molecular weight excluding hydrogens is 246 g/mol. The Morgan fingerprint density at radius 1 is 1.32 bits per heavy atom. The van der Waals surface area contributed by atoms with E-state index in [1.165, 1.54) is 0 Å². The van der Waals surface area contributed by atoms with Gasteiger partial charge in [-0.05, 0) is 12.1 Å². The molecule has 5 N–H and O–H groups in total. The third-order valence-electron chi connectivity index (χ3n) is 2.34. The molecule has 1 aromatic carbocycles. The Balaban J connectivity index is 2.36. The first-order chi connectivity index (χ1) is 9.10. The maximum absolute atomic E-state index is 11.3. The van der Waals surface area contributed by atoms with E-state index < -0.39 is 5.91 Å². The summed E-state index contributed by atoms with van der Waals surface area (Å²) in [6.07, 6.45) is 0. The third kappa shape index (κ3) is 2.89. The van der Waals surface area contributed by atoms with Crippen LogP contribution in [-0.4, -0.2) is 22.9 Å². The molecule has 1 aromatic heterocycles. The van der Waals surface area contributed by atoms with Crippen LogP contribution in [0.3, 0.4) is 0 Å². The average molecular weight is 259 g/mol. The van der Waals surface area contributed by atoms with Crippen molar-refractivity contribution in [2.75, 3.05) is 18.1 Å². The van der Waals surface area contributed by atoms with Crippen LogP contribution in [0.15, 0.2) is 30.3 Å². The molecule has 1 amide bonds. The number of benzene rings is 1. The summed E-state index contributed by atoms with van der Waals surface area (Å²) in [5, 5.41) is 2.83. The number of anilines is 2. The fraction of sp³-hybridized carbons (Fsp3) is 0.0833. The number of hydrogen-bond donors (Lipinski definition) is 3. The van der Waals surface area contributed by atoms with E-state index in [0.29, 0.717) is 11.6 Å². The molecule has 0 aliphatic rings. The Bertz CT molecular complexity index is 615. The molecule has 0 fully saturated rings. The molecular formula is C12H13N5O2. The molecule has 0 aliphatic heterocycles. The highest BCUT2D eigenvalue weighted by Crippen LogP contribution is 2.25. The van der Waals surface area contributed by atoms with E-state index in [9.17, 15) is 4.79 Å². The highest BCUT2D eigenvalue weighted by molar-refractivity contribution is 5.95. The molecule has 0 bridgehead atoms. The summed E-state index contributed by atoms with van der Waals surface area (Å²) < 4.78 is 5.52. The molecule has 0 saturated carbocycles. The first-order valence-electron chi connectivity index (χ1n) is 5.49. The van der Waals surface area contributed by atoms with Crippen molar-refractivity contribution in [1.29, 1.82) is 0 Å². The van der Waals surface area contributed by atoms with Gasteiger partial charge in [0, 0.05) is 13.1 Å². The number of para-hydroxylation sites is 1. The molecule has 19 heavy (non-hydrogen) atoms. The summed E-state index contributed by atoms with van der Waals surface area (Å²) in [4.78, 5) is 19.1. The first-order valence-corrected chi connectivity index (χ1v) is 5.49. The Kier molecular flexibility index (Phi) is 3.46. The van der Waals surface area contributed by atoms with E-state index in [1.54, 1.807) is 37.4 Å². The molecule has 0 saturated heterocycles. The summed E-state index contributed by atoms with van der Waals surface area (Å²) >= 11 is 0. The van der Waals surface area contributed by atoms with E-state index >= 15 is 0 Å². The number of ether oxygens (including phenoxy) is 1. The molecule has 7 nitrogen and oxygen atoms in total. The van der Waals surface area contributed by atoms with Crippen LogP contribution < -0.4 is 21.5 Å². The molecule has 2 aromatic rings. The van der Waals surface area contributed by atoms with Gasteiger partial charge in [-0.2, -0.15) is 9.97 Å². The molecule has 2 rings (SSSR count). The first kappa shape index (κ1) is 12.6. The van der Waals surface area contributed by atoms with Crippen molar-refractivity contribution in [2.24, 2.45) is 5.73 Å². The summed E-state index contributed by atoms with van der Waals surface area (Å²) in [6.45, 7) is 0. The Morgan fingerprint density at radius 2 is 2.05 bits per heavy atom. The summed E-state index contributed by atoms with van der Waals surface area (Å²) in [5.74, 6) is 0.546. The number of carbonyl (C=O) groups excluding carboxylic acids is 1. The van der Waals surface area contributed by atoms with Crippen LogP contribution in [0, 0.1) is 0 Å². The van der Waals surface area contributed by atoms with Crippen molar-refractivity contribution < 1.29 is 9.53 Å². The van der Waals surface area contributed by atoms with Gasteiger partial charge in [0.1, 0.15) is 11.6 Å². The van der Waals surface area contributed by atoms with Crippen LogP contribution >= 0.6 is 0 Å². The zero-order valence-corrected chi connectivity index (χ0v) is 10.3. The number of aromatic nitrogens is 2. The van der Waals surface area contributed by atoms with Crippen LogP contribution in [0.2, 0.25) is 0 Å². The Hall–Kier alpha value is -2.83. The molecule has 0 unspecified atom stereocenters.